The molecule has 114 valence electrons. The Labute approximate surface area is 127 Å². The maximum atomic E-state index is 11.7. The van der Waals surface area contributed by atoms with Gasteiger partial charge in [-0.2, -0.15) is 0 Å². The van der Waals surface area contributed by atoms with E-state index < -0.39 is 12.1 Å². The summed E-state index contributed by atoms with van der Waals surface area (Å²) in [5.41, 5.74) is 0.716. The highest BCUT2D eigenvalue weighted by molar-refractivity contribution is 6.00. The molecule has 1 N–H and O–H groups in total. The summed E-state index contributed by atoms with van der Waals surface area (Å²) < 4.78 is 14.9. The first-order valence-corrected chi connectivity index (χ1v) is 6.44. The van der Waals surface area contributed by atoms with Gasteiger partial charge in [-0.15, -0.1) is 0 Å². The van der Waals surface area contributed by atoms with Gasteiger partial charge in [0.15, 0.2) is 11.5 Å². The van der Waals surface area contributed by atoms with Crippen molar-refractivity contribution >= 4 is 17.7 Å². The molecule has 0 saturated heterocycles. The average Bonchev–Trinajstić information content (AvgIpc) is 2.55. The van der Waals surface area contributed by atoms with Crippen molar-refractivity contribution in [3.8, 4) is 11.5 Å². The van der Waals surface area contributed by atoms with Crippen LogP contribution in [0.2, 0.25) is 0 Å². The van der Waals surface area contributed by atoms with Crippen molar-refractivity contribution in [3.63, 3.8) is 0 Å². The highest BCUT2D eigenvalue weighted by atomic mass is 16.6. The van der Waals surface area contributed by atoms with E-state index in [1.807, 2.05) is 0 Å². The number of carbonyl (C=O) groups is 2. The average molecular weight is 301 g/mol. The zero-order chi connectivity index (χ0) is 15.9. The van der Waals surface area contributed by atoms with E-state index in [2.05, 4.69) is 5.32 Å². The zero-order valence-corrected chi connectivity index (χ0v) is 12.2. The molecule has 0 aliphatic rings. The fourth-order valence-corrected chi connectivity index (χ4v) is 1.77. The Hall–Kier alpha value is -3.02. The molecule has 0 aromatic heterocycles. The maximum Gasteiger partial charge on any atom is 0.419 e. The highest BCUT2D eigenvalue weighted by Gasteiger charge is 2.13. The molecule has 6 nitrogen and oxygen atoms in total. The summed E-state index contributed by atoms with van der Waals surface area (Å²) >= 11 is 0. The van der Waals surface area contributed by atoms with Crippen LogP contribution in [-0.4, -0.2) is 26.3 Å². The molecule has 2 aromatic carbocycles. The standard InChI is InChI=1S/C16H15NO5/c1-20-13-9-8-12(10-14(13)21-2)17-16(19)22-15(18)11-6-4-3-5-7-11/h3-10H,1-2H3,(H,17,19). The van der Waals surface area contributed by atoms with E-state index >= 15 is 0 Å². The fourth-order valence-electron chi connectivity index (χ4n) is 1.77. The first kappa shape index (κ1) is 15.4. The molecule has 0 atom stereocenters. The Morgan fingerprint density at radius 2 is 1.59 bits per heavy atom. The lowest BCUT2D eigenvalue weighted by Crippen LogP contribution is -2.18. The number of amides is 1. The number of carbonyl (C=O) groups excluding carboxylic acids is 2. The SMILES string of the molecule is COc1ccc(NC(=O)OC(=O)c2ccccc2)cc1OC. The van der Waals surface area contributed by atoms with E-state index in [0.29, 0.717) is 22.7 Å². The van der Waals surface area contributed by atoms with Gasteiger partial charge in [-0.05, 0) is 24.3 Å². The molecular formula is C16H15NO5. The number of anilines is 1. The van der Waals surface area contributed by atoms with Gasteiger partial charge in [0.05, 0.1) is 19.8 Å². The van der Waals surface area contributed by atoms with Crippen LogP contribution in [0.3, 0.4) is 0 Å². The van der Waals surface area contributed by atoms with Crippen LogP contribution >= 0.6 is 0 Å². The van der Waals surface area contributed by atoms with Crippen LogP contribution in [0.15, 0.2) is 48.5 Å². The van der Waals surface area contributed by atoms with E-state index in [0.717, 1.165) is 0 Å². The molecule has 0 aliphatic heterocycles. The van der Waals surface area contributed by atoms with Gasteiger partial charge in [-0.25, -0.2) is 9.59 Å². The fraction of sp³-hybridized carbons (Fsp3) is 0.125. The molecule has 1 amide bonds. The van der Waals surface area contributed by atoms with Crippen molar-refractivity contribution in [2.45, 2.75) is 0 Å². The molecule has 2 rings (SSSR count). The second-order valence-electron chi connectivity index (χ2n) is 4.24. The third-order valence-electron chi connectivity index (χ3n) is 2.82. The van der Waals surface area contributed by atoms with Gasteiger partial charge >= 0.3 is 12.1 Å². The number of esters is 1. The first-order chi connectivity index (χ1) is 10.6. The lowest BCUT2D eigenvalue weighted by Gasteiger charge is -2.10. The van der Waals surface area contributed by atoms with Gasteiger partial charge in [0, 0.05) is 11.8 Å². The molecule has 0 heterocycles. The molecule has 2 aromatic rings. The summed E-state index contributed by atoms with van der Waals surface area (Å²) in [6.07, 6.45) is -0.874. The van der Waals surface area contributed by atoms with Crippen molar-refractivity contribution in [2.75, 3.05) is 19.5 Å². The normalized spacial score (nSPS) is 9.73. The minimum Gasteiger partial charge on any atom is -0.493 e. The second kappa shape index (κ2) is 7.12. The number of benzene rings is 2. The quantitative estimate of drug-likeness (QED) is 0.694. The predicted molar refractivity (Wildman–Crippen MR) is 80.4 cm³/mol. The molecule has 0 aliphatic carbocycles. The molecule has 0 saturated carbocycles. The van der Waals surface area contributed by atoms with Crippen molar-refractivity contribution in [1.29, 1.82) is 0 Å². The largest absolute Gasteiger partial charge is 0.493 e. The minimum absolute atomic E-state index is 0.296. The number of rotatable bonds is 4. The summed E-state index contributed by atoms with van der Waals surface area (Å²) in [5.74, 6) is 0.259. The van der Waals surface area contributed by atoms with Crippen molar-refractivity contribution in [2.24, 2.45) is 0 Å². The molecular weight excluding hydrogens is 286 g/mol. The Morgan fingerprint density at radius 1 is 0.909 bits per heavy atom. The van der Waals surface area contributed by atoms with E-state index in [1.54, 1.807) is 48.5 Å². The lowest BCUT2D eigenvalue weighted by atomic mass is 10.2. The van der Waals surface area contributed by atoms with Gasteiger partial charge in [0.25, 0.3) is 0 Å². The van der Waals surface area contributed by atoms with E-state index in [4.69, 9.17) is 14.2 Å². The van der Waals surface area contributed by atoms with Gasteiger partial charge in [-0.1, -0.05) is 18.2 Å². The second-order valence-corrected chi connectivity index (χ2v) is 4.24. The van der Waals surface area contributed by atoms with E-state index in [1.165, 1.54) is 14.2 Å². The molecule has 22 heavy (non-hydrogen) atoms. The molecule has 0 spiro atoms. The molecule has 0 bridgehead atoms. The number of hydrogen-bond acceptors (Lipinski definition) is 5. The van der Waals surface area contributed by atoms with E-state index in [-0.39, 0.29) is 0 Å². The van der Waals surface area contributed by atoms with Crippen LogP contribution in [0.5, 0.6) is 11.5 Å². The Balaban J connectivity index is 2.02. The van der Waals surface area contributed by atoms with E-state index in [9.17, 15) is 9.59 Å². The van der Waals surface area contributed by atoms with Crippen LogP contribution in [0.1, 0.15) is 10.4 Å². The molecule has 0 radical (unpaired) electrons. The third-order valence-corrected chi connectivity index (χ3v) is 2.82. The summed E-state index contributed by atoms with van der Waals surface area (Å²) in [6, 6.07) is 13.1. The van der Waals surface area contributed by atoms with Crippen LogP contribution in [0, 0.1) is 0 Å². The summed E-state index contributed by atoms with van der Waals surface area (Å²) in [4.78, 5) is 23.5. The van der Waals surface area contributed by atoms with Crippen LogP contribution in [-0.2, 0) is 4.74 Å². The van der Waals surface area contributed by atoms with Crippen molar-refractivity contribution in [1.82, 2.24) is 0 Å². The number of ether oxygens (including phenoxy) is 3. The van der Waals surface area contributed by atoms with Gasteiger partial charge in [0.2, 0.25) is 0 Å². The summed E-state index contributed by atoms with van der Waals surface area (Å²) in [7, 11) is 3.00. The maximum absolute atomic E-state index is 11.7. The lowest BCUT2D eigenvalue weighted by molar-refractivity contribution is 0.0645. The van der Waals surface area contributed by atoms with Crippen LogP contribution < -0.4 is 14.8 Å². The molecule has 0 fully saturated rings. The Kier molecular flexibility index (Phi) is 4.98. The smallest absolute Gasteiger partial charge is 0.419 e. The Bertz CT molecular complexity index is 669. The van der Waals surface area contributed by atoms with Crippen molar-refractivity contribution < 1.29 is 23.8 Å². The molecule has 0 unspecified atom stereocenters. The summed E-state index contributed by atoms with van der Waals surface area (Å²) in [5, 5.41) is 2.45. The number of hydrogen-bond donors (Lipinski definition) is 1. The van der Waals surface area contributed by atoms with Crippen LogP contribution in [0.25, 0.3) is 0 Å². The number of methoxy groups -OCH3 is 2. The first-order valence-electron chi connectivity index (χ1n) is 6.44. The topological polar surface area (TPSA) is 73.9 Å². The Morgan fingerprint density at radius 3 is 2.23 bits per heavy atom. The minimum atomic E-state index is -0.874. The monoisotopic (exact) mass is 301 g/mol. The third kappa shape index (κ3) is 3.76. The van der Waals surface area contributed by atoms with Gasteiger partial charge in [-0.3, -0.25) is 5.32 Å². The van der Waals surface area contributed by atoms with Gasteiger partial charge in [0.1, 0.15) is 0 Å². The van der Waals surface area contributed by atoms with Crippen LogP contribution in [0.4, 0.5) is 10.5 Å². The summed E-state index contributed by atoms with van der Waals surface area (Å²) in [6.45, 7) is 0. The molecule has 6 heteroatoms. The number of nitrogens with one attached hydrogen (secondary N) is 1. The highest BCUT2D eigenvalue weighted by Crippen LogP contribution is 2.29. The van der Waals surface area contributed by atoms with Crippen molar-refractivity contribution in [3.05, 3.63) is 54.1 Å². The predicted octanol–water partition coefficient (Wildman–Crippen LogP) is 3.09. The zero-order valence-electron chi connectivity index (χ0n) is 12.2. The van der Waals surface area contributed by atoms with Gasteiger partial charge < -0.3 is 14.2 Å².